The van der Waals surface area contributed by atoms with Crippen LogP contribution in [0.4, 0.5) is 10.1 Å². The summed E-state index contributed by atoms with van der Waals surface area (Å²) in [4.78, 5) is 16.5. The molecule has 0 unspecified atom stereocenters. The number of hydrogen-bond donors (Lipinski definition) is 1. The molecule has 2 heterocycles. The number of thiophene rings is 1. The number of halogens is 1. The number of rotatable bonds is 5. The highest BCUT2D eigenvalue weighted by Gasteiger charge is 2.24. The Kier molecular flexibility index (Phi) is 5.05. The molecule has 138 valence electrons. The van der Waals surface area contributed by atoms with E-state index < -0.39 is 6.67 Å². The summed E-state index contributed by atoms with van der Waals surface area (Å²) in [5, 5.41) is 1.96. The summed E-state index contributed by atoms with van der Waals surface area (Å²) in [6.07, 6.45) is 0.852. The molecule has 0 bridgehead atoms. The van der Waals surface area contributed by atoms with E-state index in [1.165, 1.54) is 10.4 Å². The lowest BCUT2D eigenvalue weighted by atomic mass is 9.96. The van der Waals surface area contributed by atoms with Gasteiger partial charge in [0.15, 0.2) is 5.78 Å². The predicted octanol–water partition coefficient (Wildman–Crippen LogP) is 4.59. The molecule has 1 aliphatic rings. The number of benzene rings is 2. The highest BCUT2D eigenvalue weighted by atomic mass is 32.1. The molecule has 1 aromatic heterocycles. The third-order valence-electron chi connectivity index (χ3n) is 4.97. The minimum atomic E-state index is -0.554. The van der Waals surface area contributed by atoms with E-state index in [1.807, 2.05) is 23.6 Å². The van der Waals surface area contributed by atoms with Crippen molar-refractivity contribution in [3.63, 3.8) is 0 Å². The summed E-state index contributed by atoms with van der Waals surface area (Å²) in [6.45, 7) is 2.04. The molecule has 5 heteroatoms. The molecule has 0 radical (unpaired) electrons. The molecule has 2 N–H and O–H groups in total. The highest BCUT2D eigenvalue weighted by molar-refractivity contribution is 7.10. The van der Waals surface area contributed by atoms with Crippen molar-refractivity contribution in [1.29, 1.82) is 0 Å². The van der Waals surface area contributed by atoms with Gasteiger partial charge in [0.2, 0.25) is 0 Å². The van der Waals surface area contributed by atoms with Gasteiger partial charge in [-0.15, -0.1) is 11.3 Å². The number of nitrogens with two attached hydrogens (primary N) is 1. The normalized spacial score (nSPS) is 14.1. The molecule has 2 aromatic carbocycles. The second-order valence-corrected chi connectivity index (χ2v) is 7.88. The molecule has 0 saturated carbocycles. The third kappa shape index (κ3) is 3.80. The summed E-state index contributed by atoms with van der Waals surface area (Å²) in [5.74, 6) is -0.00733. The Labute approximate surface area is 162 Å². The van der Waals surface area contributed by atoms with Crippen LogP contribution in [0.1, 0.15) is 37.5 Å². The van der Waals surface area contributed by atoms with Gasteiger partial charge >= 0.3 is 0 Å². The summed E-state index contributed by atoms with van der Waals surface area (Å²) in [5.41, 5.74) is 10.9. The smallest absolute Gasteiger partial charge is 0.194 e. The van der Waals surface area contributed by atoms with Crippen LogP contribution in [0.3, 0.4) is 0 Å². The maximum absolute atomic E-state index is 12.9. The van der Waals surface area contributed by atoms with Crippen LogP contribution in [-0.2, 0) is 26.2 Å². The number of carbonyl (C=O) groups is 1. The monoisotopic (exact) mass is 380 g/mol. The Balaban J connectivity index is 1.52. The third-order valence-corrected chi connectivity index (χ3v) is 5.98. The number of anilines is 1. The largest absolute Gasteiger partial charge is 0.399 e. The Morgan fingerprint density at radius 1 is 1.15 bits per heavy atom. The van der Waals surface area contributed by atoms with Gasteiger partial charge in [0.1, 0.15) is 6.67 Å². The van der Waals surface area contributed by atoms with E-state index >= 15 is 0 Å². The maximum atomic E-state index is 12.9. The fourth-order valence-corrected chi connectivity index (χ4v) is 4.73. The first kappa shape index (κ1) is 17.9. The van der Waals surface area contributed by atoms with Gasteiger partial charge in [-0.2, -0.15) is 0 Å². The van der Waals surface area contributed by atoms with E-state index in [0.29, 0.717) is 11.1 Å². The number of nitrogens with zero attached hydrogens (tertiary/aromatic N) is 1. The van der Waals surface area contributed by atoms with E-state index in [9.17, 15) is 9.18 Å². The Hall–Kier alpha value is -2.50. The van der Waals surface area contributed by atoms with Crippen molar-refractivity contribution in [3.05, 3.63) is 86.6 Å². The zero-order chi connectivity index (χ0) is 18.8. The fourth-order valence-electron chi connectivity index (χ4n) is 3.61. The van der Waals surface area contributed by atoms with Crippen molar-refractivity contribution in [2.24, 2.45) is 0 Å². The minimum absolute atomic E-state index is 0.00733. The van der Waals surface area contributed by atoms with Crippen molar-refractivity contribution in [2.45, 2.75) is 26.2 Å². The van der Waals surface area contributed by atoms with E-state index in [4.69, 9.17) is 5.73 Å². The average molecular weight is 380 g/mol. The summed E-state index contributed by atoms with van der Waals surface area (Å²) < 4.78 is 12.9. The van der Waals surface area contributed by atoms with Crippen LogP contribution in [0.2, 0.25) is 0 Å². The molecular formula is C22H21FN2OS. The van der Waals surface area contributed by atoms with Crippen molar-refractivity contribution in [1.82, 2.24) is 4.90 Å². The lowest BCUT2D eigenvalue weighted by Gasteiger charge is -2.27. The van der Waals surface area contributed by atoms with Crippen LogP contribution >= 0.6 is 11.3 Å². The number of nitrogen functional groups attached to an aromatic ring is 1. The number of carbonyl (C=O) groups excluding carboxylic acids is 1. The number of alkyl halides is 1. The lowest BCUT2D eigenvalue weighted by Crippen LogP contribution is -2.29. The number of hydrogen-bond acceptors (Lipinski definition) is 4. The average Bonchev–Trinajstić information content (AvgIpc) is 3.10. The molecule has 1 aliphatic heterocycles. The first-order valence-electron chi connectivity index (χ1n) is 8.99. The quantitative estimate of drug-likeness (QED) is 0.520. The van der Waals surface area contributed by atoms with Crippen LogP contribution in [0.25, 0.3) is 0 Å². The minimum Gasteiger partial charge on any atom is -0.399 e. The van der Waals surface area contributed by atoms with Crippen molar-refractivity contribution in [3.8, 4) is 0 Å². The SMILES string of the molecule is Nc1cccc(CN2CCc3c(C(=O)c4cccc(CF)c4)csc3C2)c1. The van der Waals surface area contributed by atoms with Gasteiger partial charge in [0, 0.05) is 46.7 Å². The molecule has 27 heavy (non-hydrogen) atoms. The van der Waals surface area contributed by atoms with Gasteiger partial charge in [-0.25, -0.2) is 4.39 Å². The van der Waals surface area contributed by atoms with Crippen molar-refractivity contribution >= 4 is 22.8 Å². The van der Waals surface area contributed by atoms with E-state index in [1.54, 1.807) is 35.6 Å². The zero-order valence-corrected chi connectivity index (χ0v) is 15.8. The molecule has 0 spiro atoms. The number of fused-ring (bicyclic) bond motifs is 1. The van der Waals surface area contributed by atoms with E-state index in [-0.39, 0.29) is 5.78 Å². The van der Waals surface area contributed by atoms with Gasteiger partial charge in [-0.05, 0) is 41.3 Å². The first-order chi connectivity index (χ1) is 13.1. The first-order valence-corrected chi connectivity index (χ1v) is 9.87. The summed E-state index contributed by atoms with van der Waals surface area (Å²) >= 11 is 1.64. The Morgan fingerprint density at radius 2 is 1.96 bits per heavy atom. The molecule has 0 fully saturated rings. The Morgan fingerprint density at radius 3 is 2.78 bits per heavy atom. The maximum Gasteiger partial charge on any atom is 0.194 e. The molecule has 0 saturated heterocycles. The van der Waals surface area contributed by atoms with Crippen LogP contribution in [-0.4, -0.2) is 17.2 Å². The summed E-state index contributed by atoms with van der Waals surface area (Å²) in [7, 11) is 0. The van der Waals surface area contributed by atoms with E-state index in [2.05, 4.69) is 11.0 Å². The van der Waals surface area contributed by atoms with Gasteiger partial charge in [-0.1, -0.05) is 30.3 Å². The zero-order valence-electron chi connectivity index (χ0n) is 15.0. The molecule has 3 nitrogen and oxygen atoms in total. The number of ketones is 1. The molecule has 4 rings (SSSR count). The van der Waals surface area contributed by atoms with Gasteiger partial charge < -0.3 is 5.73 Å². The van der Waals surface area contributed by atoms with Crippen LogP contribution in [0.5, 0.6) is 0 Å². The fraction of sp³-hybridized carbons (Fsp3) is 0.227. The second kappa shape index (κ2) is 7.62. The molecule has 0 atom stereocenters. The second-order valence-electron chi connectivity index (χ2n) is 6.92. The molecule has 3 aromatic rings. The Bertz CT molecular complexity index is 982. The van der Waals surface area contributed by atoms with Gasteiger partial charge in [0.25, 0.3) is 0 Å². The van der Waals surface area contributed by atoms with Crippen LogP contribution < -0.4 is 5.73 Å². The van der Waals surface area contributed by atoms with Gasteiger partial charge in [0.05, 0.1) is 0 Å². The van der Waals surface area contributed by atoms with Crippen molar-refractivity contribution in [2.75, 3.05) is 12.3 Å². The van der Waals surface area contributed by atoms with Crippen LogP contribution in [0, 0.1) is 0 Å². The van der Waals surface area contributed by atoms with Gasteiger partial charge in [-0.3, -0.25) is 9.69 Å². The standard InChI is InChI=1S/C22H21FN2OS/c23-11-15-3-1-5-17(9-15)22(26)20-14-27-21-13-25(8-7-19(20)21)12-16-4-2-6-18(24)10-16/h1-6,9-10,14H,7-8,11-13,24H2. The van der Waals surface area contributed by atoms with Crippen molar-refractivity contribution < 1.29 is 9.18 Å². The van der Waals surface area contributed by atoms with Crippen LogP contribution in [0.15, 0.2) is 53.9 Å². The lowest BCUT2D eigenvalue weighted by molar-refractivity contribution is 0.103. The summed E-state index contributed by atoms with van der Waals surface area (Å²) in [6, 6.07) is 14.8. The molecular weight excluding hydrogens is 359 g/mol. The highest BCUT2D eigenvalue weighted by Crippen LogP contribution is 2.31. The molecule has 0 aliphatic carbocycles. The predicted molar refractivity (Wildman–Crippen MR) is 108 cm³/mol. The topological polar surface area (TPSA) is 46.3 Å². The molecule has 0 amide bonds. The van der Waals surface area contributed by atoms with E-state index in [0.717, 1.165) is 42.9 Å².